The Morgan fingerprint density at radius 2 is 2.00 bits per heavy atom. The van der Waals surface area contributed by atoms with Gasteiger partial charge in [0, 0.05) is 25.7 Å². The molecule has 1 amide bonds. The van der Waals surface area contributed by atoms with Gasteiger partial charge in [-0.1, -0.05) is 0 Å². The van der Waals surface area contributed by atoms with E-state index >= 15 is 0 Å². The van der Waals surface area contributed by atoms with E-state index < -0.39 is 0 Å². The number of hydrogen-bond acceptors (Lipinski definition) is 4. The largest absolute Gasteiger partial charge is 0.378 e. The predicted molar refractivity (Wildman–Crippen MR) is 68.3 cm³/mol. The molecule has 0 spiro atoms. The highest BCUT2D eigenvalue weighted by Gasteiger charge is 2.22. The van der Waals surface area contributed by atoms with E-state index in [9.17, 15) is 4.79 Å². The molecule has 2 saturated heterocycles. The molecule has 0 radical (unpaired) electrons. The number of halogens is 1. The van der Waals surface area contributed by atoms with Crippen molar-refractivity contribution in [3.05, 3.63) is 0 Å². The highest BCUT2D eigenvalue weighted by Crippen LogP contribution is 2.08. The number of likely N-dealkylation sites (tertiary alicyclic amines) is 1. The number of morpholine rings is 1. The van der Waals surface area contributed by atoms with Gasteiger partial charge in [0.1, 0.15) is 0 Å². The summed E-state index contributed by atoms with van der Waals surface area (Å²) in [6.07, 6.45) is 2.19. The van der Waals surface area contributed by atoms with Crippen molar-refractivity contribution in [3.63, 3.8) is 0 Å². The van der Waals surface area contributed by atoms with Gasteiger partial charge in [0.15, 0.2) is 0 Å². The fraction of sp³-hybridized carbons (Fsp3) is 0.909. The maximum atomic E-state index is 12.0. The Morgan fingerprint density at radius 3 is 2.65 bits per heavy atom. The van der Waals surface area contributed by atoms with Crippen molar-refractivity contribution in [1.82, 2.24) is 9.80 Å². The first-order chi connectivity index (χ1) is 7.75. The van der Waals surface area contributed by atoms with Gasteiger partial charge in [-0.15, -0.1) is 12.4 Å². The minimum atomic E-state index is 0. The van der Waals surface area contributed by atoms with Gasteiger partial charge in [0.25, 0.3) is 0 Å². The number of amides is 1. The lowest BCUT2D eigenvalue weighted by Crippen LogP contribution is -2.49. The Morgan fingerprint density at radius 1 is 1.29 bits per heavy atom. The Labute approximate surface area is 109 Å². The molecule has 5 nitrogen and oxygen atoms in total. The molecular formula is C11H22ClN3O2. The summed E-state index contributed by atoms with van der Waals surface area (Å²) < 4.78 is 5.23. The third-order valence-corrected chi connectivity index (χ3v) is 3.26. The number of rotatable bonds is 2. The van der Waals surface area contributed by atoms with Crippen molar-refractivity contribution in [1.29, 1.82) is 0 Å². The summed E-state index contributed by atoms with van der Waals surface area (Å²) >= 11 is 0. The molecule has 0 aromatic carbocycles. The molecule has 17 heavy (non-hydrogen) atoms. The summed E-state index contributed by atoms with van der Waals surface area (Å²) in [6, 6.07) is 0.242. The molecule has 2 rings (SSSR count). The Bertz CT molecular complexity index is 247. The van der Waals surface area contributed by atoms with Gasteiger partial charge >= 0.3 is 0 Å². The molecule has 0 bridgehead atoms. The van der Waals surface area contributed by atoms with Gasteiger partial charge in [0.05, 0.1) is 19.8 Å². The summed E-state index contributed by atoms with van der Waals surface area (Å²) in [7, 11) is 0. The quantitative estimate of drug-likeness (QED) is 0.743. The van der Waals surface area contributed by atoms with Crippen molar-refractivity contribution in [3.8, 4) is 0 Å². The fourth-order valence-electron chi connectivity index (χ4n) is 2.34. The maximum Gasteiger partial charge on any atom is 0.236 e. The van der Waals surface area contributed by atoms with Crippen LogP contribution in [0.4, 0.5) is 0 Å². The molecule has 0 aliphatic carbocycles. The van der Waals surface area contributed by atoms with E-state index in [1.807, 2.05) is 4.90 Å². The van der Waals surface area contributed by atoms with E-state index in [1.54, 1.807) is 0 Å². The van der Waals surface area contributed by atoms with Crippen molar-refractivity contribution in [2.24, 2.45) is 5.73 Å². The molecule has 1 unspecified atom stereocenters. The highest BCUT2D eigenvalue weighted by atomic mass is 35.5. The Hall–Kier alpha value is -0.360. The summed E-state index contributed by atoms with van der Waals surface area (Å²) in [6.45, 7) is 5.20. The van der Waals surface area contributed by atoms with E-state index in [4.69, 9.17) is 10.5 Å². The lowest BCUT2D eigenvalue weighted by atomic mass is 10.1. The molecule has 2 heterocycles. The molecule has 0 aromatic heterocycles. The normalized spacial score (nSPS) is 26.4. The van der Waals surface area contributed by atoms with E-state index in [2.05, 4.69) is 4.90 Å². The SMILES string of the molecule is Cl.NC1CCCN(CC(=O)N2CCOCC2)C1. The van der Waals surface area contributed by atoms with Gasteiger partial charge < -0.3 is 15.4 Å². The van der Waals surface area contributed by atoms with Gasteiger partial charge in [0.2, 0.25) is 5.91 Å². The zero-order chi connectivity index (χ0) is 11.4. The van der Waals surface area contributed by atoms with Crippen LogP contribution < -0.4 is 5.73 Å². The lowest BCUT2D eigenvalue weighted by molar-refractivity contribution is -0.136. The van der Waals surface area contributed by atoms with Gasteiger partial charge in [-0.05, 0) is 19.4 Å². The summed E-state index contributed by atoms with van der Waals surface area (Å²) in [4.78, 5) is 16.0. The second kappa shape index (κ2) is 7.16. The molecule has 1 atom stereocenters. The first kappa shape index (κ1) is 14.7. The van der Waals surface area contributed by atoms with Crippen LogP contribution in [0, 0.1) is 0 Å². The third-order valence-electron chi connectivity index (χ3n) is 3.26. The molecule has 2 aliphatic heterocycles. The number of carbonyl (C=O) groups is 1. The van der Waals surface area contributed by atoms with Gasteiger partial charge in [-0.3, -0.25) is 9.69 Å². The average molecular weight is 264 g/mol. The van der Waals surface area contributed by atoms with Crippen LogP contribution in [0.25, 0.3) is 0 Å². The topological polar surface area (TPSA) is 58.8 Å². The minimum absolute atomic E-state index is 0. The lowest BCUT2D eigenvalue weighted by Gasteiger charge is -2.33. The summed E-state index contributed by atoms with van der Waals surface area (Å²) in [5.41, 5.74) is 5.89. The molecular weight excluding hydrogens is 242 g/mol. The number of hydrogen-bond donors (Lipinski definition) is 1. The first-order valence-electron chi connectivity index (χ1n) is 6.09. The zero-order valence-electron chi connectivity index (χ0n) is 10.1. The van der Waals surface area contributed by atoms with E-state index in [-0.39, 0.29) is 24.4 Å². The number of nitrogens with two attached hydrogens (primary N) is 1. The van der Waals surface area contributed by atoms with Crippen LogP contribution in [0.2, 0.25) is 0 Å². The fourth-order valence-corrected chi connectivity index (χ4v) is 2.34. The average Bonchev–Trinajstić information content (AvgIpc) is 2.30. The van der Waals surface area contributed by atoms with Crippen molar-refractivity contribution in [2.75, 3.05) is 45.9 Å². The molecule has 2 N–H and O–H groups in total. The van der Waals surface area contributed by atoms with Gasteiger partial charge in [-0.2, -0.15) is 0 Å². The second-order valence-corrected chi connectivity index (χ2v) is 4.63. The highest BCUT2D eigenvalue weighted by molar-refractivity contribution is 5.85. The Balaban J connectivity index is 0.00000144. The maximum absolute atomic E-state index is 12.0. The van der Waals surface area contributed by atoms with Crippen LogP contribution in [-0.4, -0.2) is 67.7 Å². The zero-order valence-corrected chi connectivity index (χ0v) is 11.0. The number of piperidine rings is 1. The molecule has 6 heteroatoms. The molecule has 2 fully saturated rings. The number of carbonyl (C=O) groups excluding carboxylic acids is 1. The van der Waals surface area contributed by atoms with Crippen molar-refractivity contribution >= 4 is 18.3 Å². The van der Waals surface area contributed by atoms with Gasteiger partial charge in [-0.25, -0.2) is 0 Å². The van der Waals surface area contributed by atoms with E-state index in [0.29, 0.717) is 19.8 Å². The Kier molecular flexibility index (Phi) is 6.19. The molecule has 0 saturated carbocycles. The third kappa shape index (κ3) is 4.43. The molecule has 2 aliphatic rings. The van der Waals surface area contributed by atoms with E-state index in [0.717, 1.165) is 39.0 Å². The summed E-state index contributed by atoms with van der Waals surface area (Å²) in [5.74, 6) is 0.220. The van der Waals surface area contributed by atoms with Crippen LogP contribution in [0.15, 0.2) is 0 Å². The first-order valence-corrected chi connectivity index (χ1v) is 6.09. The van der Waals surface area contributed by atoms with Crippen LogP contribution >= 0.6 is 12.4 Å². The summed E-state index contributed by atoms with van der Waals surface area (Å²) in [5, 5.41) is 0. The minimum Gasteiger partial charge on any atom is -0.378 e. The van der Waals surface area contributed by atoms with Crippen LogP contribution in [-0.2, 0) is 9.53 Å². The van der Waals surface area contributed by atoms with Crippen LogP contribution in [0.1, 0.15) is 12.8 Å². The molecule has 100 valence electrons. The van der Waals surface area contributed by atoms with Crippen molar-refractivity contribution < 1.29 is 9.53 Å². The van der Waals surface area contributed by atoms with Crippen molar-refractivity contribution in [2.45, 2.75) is 18.9 Å². The van der Waals surface area contributed by atoms with Crippen LogP contribution in [0.3, 0.4) is 0 Å². The van der Waals surface area contributed by atoms with Crippen LogP contribution in [0.5, 0.6) is 0 Å². The van der Waals surface area contributed by atoms with E-state index in [1.165, 1.54) is 0 Å². The number of nitrogens with zero attached hydrogens (tertiary/aromatic N) is 2. The standard InChI is InChI=1S/C11H21N3O2.ClH/c12-10-2-1-3-13(8-10)9-11(15)14-4-6-16-7-5-14;/h10H,1-9,12H2;1H. The smallest absolute Gasteiger partial charge is 0.236 e. The number of ether oxygens (including phenoxy) is 1. The predicted octanol–water partition coefficient (Wildman–Crippen LogP) is -0.310. The molecule has 0 aromatic rings. The second-order valence-electron chi connectivity index (χ2n) is 4.63. The monoisotopic (exact) mass is 263 g/mol.